The van der Waals surface area contributed by atoms with E-state index in [1.54, 1.807) is 36.7 Å². The van der Waals surface area contributed by atoms with Crippen LogP contribution in [0.1, 0.15) is 5.76 Å². The van der Waals surface area contributed by atoms with Crippen molar-refractivity contribution in [3.63, 3.8) is 0 Å². The van der Waals surface area contributed by atoms with Crippen LogP contribution in [0.4, 0.5) is 0 Å². The zero-order valence-corrected chi connectivity index (χ0v) is 10.4. The van der Waals surface area contributed by atoms with Crippen LogP contribution in [-0.4, -0.2) is 15.9 Å². The first-order chi connectivity index (χ1) is 9.19. The van der Waals surface area contributed by atoms with E-state index in [9.17, 15) is 4.79 Å². The van der Waals surface area contributed by atoms with E-state index < -0.39 is 5.91 Å². The van der Waals surface area contributed by atoms with Gasteiger partial charge in [0, 0.05) is 18.5 Å². The Morgan fingerprint density at radius 1 is 1.42 bits per heavy atom. The second-order valence-corrected chi connectivity index (χ2v) is 4.30. The Balaban J connectivity index is 2.16. The maximum Gasteiger partial charge on any atom is 0.259 e. The first kappa shape index (κ1) is 12.9. The third-order valence-corrected chi connectivity index (χ3v) is 2.82. The van der Waals surface area contributed by atoms with Gasteiger partial charge in [-0.3, -0.25) is 4.79 Å². The predicted octanol–water partition coefficient (Wildman–Crippen LogP) is 1.61. The van der Waals surface area contributed by atoms with Crippen molar-refractivity contribution in [2.45, 2.75) is 10.2 Å². The number of rotatable bonds is 4. The number of hydrogen-bond donors (Lipinski definition) is 1. The number of hydrogen-bond acceptors (Lipinski definition) is 6. The number of carbonyl (C=O) groups is 1. The molecule has 0 aliphatic rings. The monoisotopic (exact) mass is 272 g/mol. The fraction of sp³-hybridized carbons (Fsp3) is 0. The Morgan fingerprint density at radius 2 is 2.16 bits per heavy atom. The molecule has 2 aromatic rings. The van der Waals surface area contributed by atoms with Gasteiger partial charge in [-0.05, 0) is 30.0 Å². The van der Waals surface area contributed by atoms with Crippen molar-refractivity contribution in [1.29, 1.82) is 5.26 Å². The van der Waals surface area contributed by atoms with Gasteiger partial charge in [0.25, 0.3) is 5.91 Å². The van der Waals surface area contributed by atoms with Crippen LogP contribution in [-0.2, 0) is 4.79 Å². The molecule has 0 bridgehead atoms. The van der Waals surface area contributed by atoms with Gasteiger partial charge in [0.05, 0.1) is 0 Å². The number of primary amides is 1. The maximum absolute atomic E-state index is 10.9. The van der Waals surface area contributed by atoms with Crippen LogP contribution in [0.3, 0.4) is 0 Å². The smallest absolute Gasteiger partial charge is 0.259 e. The highest BCUT2D eigenvalue weighted by Crippen LogP contribution is 2.26. The van der Waals surface area contributed by atoms with Crippen LogP contribution in [0, 0.1) is 11.3 Å². The van der Waals surface area contributed by atoms with Gasteiger partial charge in [-0.25, -0.2) is 9.97 Å². The van der Waals surface area contributed by atoms with Crippen LogP contribution in [0.2, 0.25) is 0 Å². The van der Waals surface area contributed by atoms with Crippen molar-refractivity contribution in [2.75, 3.05) is 0 Å². The molecule has 0 unspecified atom stereocenters. The third kappa shape index (κ3) is 3.43. The minimum absolute atomic E-state index is 0.165. The first-order valence-corrected chi connectivity index (χ1v) is 5.97. The molecule has 1 amide bonds. The molecule has 0 aliphatic carbocycles. The van der Waals surface area contributed by atoms with Crippen molar-refractivity contribution in [3.8, 4) is 6.07 Å². The molecular weight excluding hydrogens is 264 g/mol. The summed E-state index contributed by atoms with van der Waals surface area (Å²) >= 11 is 1.23. The molecule has 0 aromatic carbocycles. The highest BCUT2D eigenvalue weighted by atomic mass is 32.2. The van der Waals surface area contributed by atoms with E-state index in [0.29, 0.717) is 16.0 Å². The molecule has 0 saturated heterocycles. The topological polar surface area (TPSA) is 106 Å². The Labute approximate surface area is 113 Å². The molecule has 0 aliphatic heterocycles. The average Bonchev–Trinajstić information content (AvgIpc) is 2.84. The summed E-state index contributed by atoms with van der Waals surface area (Å²) in [6.07, 6.45) is 4.54. The summed E-state index contributed by atoms with van der Waals surface area (Å²) in [6.45, 7) is 0. The van der Waals surface area contributed by atoms with E-state index in [-0.39, 0.29) is 5.57 Å². The summed E-state index contributed by atoms with van der Waals surface area (Å²) in [5.41, 5.74) is 4.86. The summed E-state index contributed by atoms with van der Waals surface area (Å²) in [6, 6.07) is 6.75. The summed E-state index contributed by atoms with van der Waals surface area (Å²) in [5, 5.41) is 9.81. The number of amides is 1. The number of nitrogens with two attached hydrogens (primary N) is 1. The molecule has 0 spiro atoms. The Morgan fingerprint density at radius 3 is 2.79 bits per heavy atom. The van der Waals surface area contributed by atoms with Crippen molar-refractivity contribution >= 4 is 23.7 Å². The zero-order valence-electron chi connectivity index (χ0n) is 9.61. The highest BCUT2D eigenvalue weighted by molar-refractivity contribution is 7.99. The quantitative estimate of drug-likeness (QED) is 0.515. The van der Waals surface area contributed by atoms with Gasteiger partial charge in [-0.1, -0.05) is 0 Å². The highest BCUT2D eigenvalue weighted by Gasteiger charge is 2.08. The molecule has 2 N–H and O–H groups in total. The molecule has 94 valence electrons. The van der Waals surface area contributed by atoms with E-state index in [1.165, 1.54) is 17.8 Å². The van der Waals surface area contributed by atoms with Gasteiger partial charge in [-0.2, -0.15) is 5.26 Å². The number of carbonyl (C=O) groups excluding carboxylic acids is 1. The second kappa shape index (κ2) is 5.84. The average molecular weight is 272 g/mol. The Bertz CT molecular complexity index is 658. The second-order valence-electron chi connectivity index (χ2n) is 3.32. The van der Waals surface area contributed by atoms with E-state index in [1.807, 2.05) is 0 Å². The van der Waals surface area contributed by atoms with Crippen molar-refractivity contribution in [2.24, 2.45) is 5.73 Å². The number of furan rings is 1. The largest absolute Gasteiger partial charge is 0.450 e. The predicted molar refractivity (Wildman–Crippen MR) is 67.6 cm³/mol. The van der Waals surface area contributed by atoms with Crippen molar-refractivity contribution in [1.82, 2.24) is 9.97 Å². The van der Waals surface area contributed by atoms with Gasteiger partial charge in [0.1, 0.15) is 17.4 Å². The Kier molecular flexibility index (Phi) is 3.95. The first-order valence-electron chi connectivity index (χ1n) is 5.15. The van der Waals surface area contributed by atoms with Crippen molar-refractivity contribution in [3.05, 3.63) is 41.9 Å². The molecule has 2 aromatic heterocycles. The Hall–Kier alpha value is -2.59. The molecule has 7 heteroatoms. The van der Waals surface area contributed by atoms with Crippen LogP contribution >= 0.6 is 11.8 Å². The summed E-state index contributed by atoms with van der Waals surface area (Å²) in [7, 11) is 0. The summed E-state index contributed by atoms with van der Waals surface area (Å²) in [4.78, 5) is 19.0. The molecular formula is C12H8N4O2S. The maximum atomic E-state index is 10.9. The van der Waals surface area contributed by atoms with Gasteiger partial charge < -0.3 is 10.2 Å². The van der Waals surface area contributed by atoms with E-state index in [2.05, 4.69) is 9.97 Å². The third-order valence-electron chi connectivity index (χ3n) is 2.01. The molecule has 0 atom stereocenters. The lowest BCUT2D eigenvalue weighted by Crippen LogP contribution is -2.12. The molecule has 0 radical (unpaired) electrons. The van der Waals surface area contributed by atoms with Crippen molar-refractivity contribution < 1.29 is 9.21 Å². The molecule has 6 nitrogen and oxygen atoms in total. The fourth-order valence-electron chi connectivity index (χ4n) is 1.20. The summed E-state index contributed by atoms with van der Waals surface area (Å²) < 4.78 is 5.42. The lowest BCUT2D eigenvalue weighted by Gasteiger charge is -1.94. The van der Waals surface area contributed by atoms with Crippen LogP contribution in [0.5, 0.6) is 0 Å². The van der Waals surface area contributed by atoms with Gasteiger partial charge in [-0.15, -0.1) is 0 Å². The summed E-state index contributed by atoms with van der Waals surface area (Å²) in [5.74, 6) is -0.423. The van der Waals surface area contributed by atoms with Crippen LogP contribution in [0.25, 0.3) is 6.08 Å². The van der Waals surface area contributed by atoms with E-state index in [4.69, 9.17) is 15.4 Å². The molecule has 2 heterocycles. The molecule has 0 saturated carbocycles. The van der Waals surface area contributed by atoms with Gasteiger partial charge >= 0.3 is 0 Å². The minimum atomic E-state index is -0.792. The standard InChI is InChI=1S/C12H8N4O2S/c13-7-8(11(14)17)6-9-2-3-10(18-9)19-12-15-4-1-5-16-12/h1-6H,(H2,14,17)/b8-6+. The fourth-order valence-corrected chi connectivity index (χ4v) is 1.88. The number of nitrogens with zero attached hydrogens (tertiary/aromatic N) is 3. The molecule has 2 rings (SSSR count). The van der Waals surface area contributed by atoms with Crippen LogP contribution < -0.4 is 5.73 Å². The normalized spacial score (nSPS) is 11.0. The molecule has 19 heavy (non-hydrogen) atoms. The molecule has 0 fully saturated rings. The van der Waals surface area contributed by atoms with Crippen LogP contribution in [0.15, 0.2) is 50.8 Å². The SMILES string of the molecule is N#C/C(=C\c1ccc(Sc2ncccn2)o1)C(N)=O. The minimum Gasteiger partial charge on any atom is -0.450 e. The zero-order chi connectivity index (χ0) is 13.7. The lowest BCUT2D eigenvalue weighted by molar-refractivity contribution is -0.114. The van der Waals surface area contributed by atoms with Gasteiger partial charge in [0.2, 0.25) is 0 Å². The number of nitriles is 1. The van der Waals surface area contributed by atoms with E-state index >= 15 is 0 Å². The van der Waals surface area contributed by atoms with E-state index in [0.717, 1.165) is 0 Å². The lowest BCUT2D eigenvalue weighted by atomic mass is 10.2. The van der Waals surface area contributed by atoms with Gasteiger partial charge in [0.15, 0.2) is 10.2 Å². The number of aromatic nitrogens is 2.